The normalized spacial score (nSPS) is 12.3. The second-order valence-corrected chi connectivity index (χ2v) is 8.11. The van der Waals surface area contributed by atoms with E-state index in [1.54, 1.807) is 0 Å². The number of esters is 1. The highest BCUT2D eigenvalue weighted by Gasteiger charge is 2.16. The predicted molar refractivity (Wildman–Crippen MR) is 122 cm³/mol. The van der Waals surface area contributed by atoms with Gasteiger partial charge in [0.25, 0.3) is 0 Å². The number of hydrogen-bond acceptors (Lipinski definition) is 4. The van der Waals surface area contributed by atoms with Crippen LogP contribution in [0.3, 0.4) is 0 Å². The number of unbranched alkanes of at least 4 members (excludes halogenated alkanes) is 15. The zero-order valence-electron chi connectivity index (χ0n) is 18.3. The van der Waals surface area contributed by atoms with Crippen molar-refractivity contribution in [3.63, 3.8) is 0 Å². The number of nitrogens with one attached hydrogen (secondary N) is 1. The van der Waals surface area contributed by atoms with Crippen molar-refractivity contribution in [3.8, 4) is 0 Å². The SMILES string of the molecule is CCCCCCCCCCCCCCCCCCN[C@@H](CS)C(=O)OCC. The highest BCUT2D eigenvalue weighted by Crippen LogP contribution is 2.13. The molecular weight excluding hydrogens is 354 g/mol. The number of thiol groups is 1. The van der Waals surface area contributed by atoms with E-state index >= 15 is 0 Å². The maximum atomic E-state index is 11.6. The monoisotopic (exact) mass is 401 g/mol. The molecule has 0 radical (unpaired) electrons. The summed E-state index contributed by atoms with van der Waals surface area (Å²) >= 11 is 4.22. The molecule has 0 saturated carbocycles. The number of ether oxygens (including phenoxy) is 1. The molecule has 3 nitrogen and oxygen atoms in total. The van der Waals surface area contributed by atoms with Crippen LogP contribution in [0.2, 0.25) is 0 Å². The van der Waals surface area contributed by atoms with Gasteiger partial charge in [0.2, 0.25) is 0 Å². The van der Waals surface area contributed by atoms with Crippen LogP contribution in [0.4, 0.5) is 0 Å². The van der Waals surface area contributed by atoms with Gasteiger partial charge in [-0.25, -0.2) is 0 Å². The molecule has 0 aliphatic heterocycles. The highest BCUT2D eigenvalue weighted by molar-refractivity contribution is 7.80. The third-order valence-electron chi connectivity index (χ3n) is 5.17. The van der Waals surface area contributed by atoms with E-state index in [0.29, 0.717) is 12.4 Å². The molecule has 0 aliphatic rings. The third-order valence-corrected chi connectivity index (χ3v) is 5.54. The second-order valence-electron chi connectivity index (χ2n) is 7.74. The van der Waals surface area contributed by atoms with E-state index in [4.69, 9.17) is 4.74 Å². The predicted octanol–water partition coefficient (Wildman–Crippen LogP) is 6.70. The van der Waals surface area contributed by atoms with Crippen LogP contribution < -0.4 is 5.32 Å². The Hall–Kier alpha value is -0.220. The van der Waals surface area contributed by atoms with E-state index in [9.17, 15) is 4.79 Å². The number of carbonyl (C=O) groups excluding carboxylic acids is 1. The maximum absolute atomic E-state index is 11.6. The summed E-state index contributed by atoms with van der Waals surface area (Å²) in [4.78, 5) is 11.6. The molecule has 27 heavy (non-hydrogen) atoms. The summed E-state index contributed by atoms with van der Waals surface area (Å²) in [6, 6.07) is -0.260. The lowest BCUT2D eigenvalue weighted by atomic mass is 10.0. The number of rotatable bonds is 21. The highest BCUT2D eigenvalue weighted by atomic mass is 32.1. The van der Waals surface area contributed by atoms with E-state index in [1.165, 1.54) is 96.3 Å². The molecule has 0 spiro atoms. The van der Waals surface area contributed by atoms with Gasteiger partial charge in [-0.15, -0.1) is 0 Å². The minimum absolute atomic E-state index is 0.177. The zero-order valence-corrected chi connectivity index (χ0v) is 19.2. The Bertz CT molecular complexity index is 313. The summed E-state index contributed by atoms with van der Waals surface area (Å²) < 4.78 is 5.03. The van der Waals surface area contributed by atoms with Crippen molar-refractivity contribution in [2.75, 3.05) is 18.9 Å². The Morgan fingerprint density at radius 1 is 0.741 bits per heavy atom. The second kappa shape index (κ2) is 22.1. The van der Waals surface area contributed by atoms with E-state index in [0.717, 1.165) is 13.0 Å². The fraction of sp³-hybridized carbons (Fsp3) is 0.957. The van der Waals surface area contributed by atoms with Crippen LogP contribution in [-0.4, -0.2) is 30.9 Å². The molecule has 0 amide bonds. The van der Waals surface area contributed by atoms with E-state index in [-0.39, 0.29) is 12.0 Å². The largest absolute Gasteiger partial charge is 0.465 e. The Balaban J connectivity index is 3.21. The van der Waals surface area contributed by atoms with Gasteiger partial charge >= 0.3 is 5.97 Å². The van der Waals surface area contributed by atoms with Gasteiger partial charge in [0.05, 0.1) is 6.61 Å². The van der Waals surface area contributed by atoms with Gasteiger partial charge in [0, 0.05) is 5.75 Å². The van der Waals surface area contributed by atoms with Gasteiger partial charge in [0.15, 0.2) is 0 Å². The minimum Gasteiger partial charge on any atom is -0.465 e. The van der Waals surface area contributed by atoms with E-state index in [1.807, 2.05) is 6.92 Å². The summed E-state index contributed by atoms with van der Waals surface area (Å²) in [5.41, 5.74) is 0. The average Bonchev–Trinajstić information content (AvgIpc) is 2.67. The van der Waals surface area contributed by atoms with Crippen LogP contribution in [0.5, 0.6) is 0 Å². The molecule has 0 saturated heterocycles. The quantitative estimate of drug-likeness (QED) is 0.128. The first-order valence-electron chi connectivity index (χ1n) is 11.8. The molecule has 1 N–H and O–H groups in total. The molecule has 1 atom stereocenters. The van der Waals surface area contributed by atoms with Gasteiger partial charge in [-0.3, -0.25) is 4.79 Å². The lowest BCUT2D eigenvalue weighted by molar-refractivity contribution is -0.144. The maximum Gasteiger partial charge on any atom is 0.323 e. The van der Waals surface area contributed by atoms with Crippen molar-refractivity contribution < 1.29 is 9.53 Å². The van der Waals surface area contributed by atoms with Gasteiger partial charge in [-0.05, 0) is 19.9 Å². The summed E-state index contributed by atoms with van der Waals surface area (Å²) in [7, 11) is 0. The first kappa shape index (κ1) is 26.8. The van der Waals surface area contributed by atoms with Crippen LogP contribution in [0.15, 0.2) is 0 Å². The third kappa shape index (κ3) is 18.9. The average molecular weight is 402 g/mol. The number of hydrogen-bond donors (Lipinski definition) is 2. The van der Waals surface area contributed by atoms with Gasteiger partial charge in [0.1, 0.15) is 6.04 Å². The van der Waals surface area contributed by atoms with Crippen molar-refractivity contribution in [1.82, 2.24) is 5.32 Å². The summed E-state index contributed by atoms with van der Waals surface area (Å²) in [6.45, 7) is 5.43. The minimum atomic E-state index is -0.260. The van der Waals surface area contributed by atoms with E-state index in [2.05, 4.69) is 24.9 Å². The molecule has 0 fully saturated rings. The van der Waals surface area contributed by atoms with E-state index < -0.39 is 0 Å². The molecule has 0 aromatic rings. The van der Waals surface area contributed by atoms with Crippen LogP contribution in [0, 0.1) is 0 Å². The topological polar surface area (TPSA) is 38.3 Å². The fourth-order valence-electron chi connectivity index (χ4n) is 3.41. The van der Waals surface area contributed by atoms with Crippen molar-refractivity contribution >= 4 is 18.6 Å². The summed E-state index contributed by atoms with van der Waals surface area (Å²) in [5, 5.41) is 3.25. The first-order valence-corrected chi connectivity index (χ1v) is 12.4. The Labute approximate surface area is 175 Å². The van der Waals surface area contributed by atoms with Gasteiger partial charge < -0.3 is 10.1 Å². The van der Waals surface area contributed by atoms with Crippen LogP contribution in [0.25, 0.3) is 0 Å². The molecule has 162 valence electrons. The molecule has 0 aromatic carbocycles. The van der Waals surface area contributed by atoms with Crippen molar-refractivity contribution in [2.45, 2.75) is 123 Å². The smallest absolute Gasteiger partial charge is 0.323 e. The molecule has 0 rings (SSSR count). The Kier molecular flexibility index (Phi) is 21.9. The fourth-order valence-corrected chi connectivity index (χ4v) is 3.69. The standard InChI is InChI=1S/C23H47NO2S/c1-3-5-6-7-8-9-10-11-12-13-14-15-16-17-18-19-20-24-22(21-27)23(25)26-4-2/h22,24,27H,3-21H2,1-2H3/t22-/m0/s1. The van der Waals surface area contributed by atoms with Crippen molar-refractivity contribution in [2.24, 2.45) is 0 Å². The number of carbonyl (C=O) groups is 1. The molecule has 0 unspecified atom stereocenters. The van der Waals surface area contributed by atoms with Crippen LogP contribution in [-0.2, 0) is 9.53 Å². The van der Waals surface area contributed by atoms with Gasteiger partial charge in [-0.2, -0.15) is 12.6 Å². The molecule has 4 heteroatoms. The van der Waals surface area contributed by atoms with Crippen LogP contribution >= 0.6 is 12.6 Å². The first-order chi connectivity index (χ1) is 13.3. The molecule has 0 heterocycles. The van der Waals surface area contributed by atoms with Gasteiger partial charge in [-0.1, -0.05) is 103 Å². The van der Waals surface area contributed by atoms with Crippen molar-refractivity contribution in [1.29, 1.82) is 0 Å². The molecule has 0 aliphatic carbocycles. The summed E-state index contributed by atoms with van der Waals surface area (Å²) in [5.74, 6) is 0.321. The lowest BCUT2D eigenvalue weighted by Crippen LogP contribution is -2.40. The summed E-state index contributed by atoms with van der Waals surface area (Å²) in [6.07, 6.45) is 22.1. The van der Waals surface area contributed by atoms with Crippen molar-refractivity contribution in [3.05, 3.63) is 0 Å². The Morgan fingerprint density at radius 3 is 1.52 bits per heavy atom. The lowest BCUT2D eigenvalue weighted by Gasteiger charge is -2.14. The molecule has 0 aromatic heterocycles. The Morgan fingerprint density at radius 2 is 1.15 bits per heavy atom. The van der Waals surface area contributed by atoms with Crippen LogP contribution in [0.1, 0.15) is 117 Å². The molecule has 0 bridgehead atoms. The molecular formula is C23H47NO2S. The zero-order chi connectivity index (χ0) is 20.0.